The topological polar surface area (TPSA) is 17.1 Å². The molecule has 1 aromatic carbocycles. The van der Waals surface area contributed by atoms with Crippen molar-refractivity contribution >= 4 is 29.1 Å². The van der Waals surface area contributed by atoms with Crippen molar-refractivity contribution < 1.29 is 4.79 Å². The fraction of sp³-hybridized carbons (Fsp3) is 0.417. The van der Waals surface area contributed by atoms with Gasteiger partial charge in [0.15, 0.2) is 5.78 Å². The van der Waals surface area contributed by atoms with Gasteiger partial charge in [-0.3, -0.25) is 4.79 Å². The van der Waals surface area contributed by atoms with Gasteiger partial charge < -0.3 is 0 Å². The fourth-order valence-electron chi connectivity index (χ4n) is 1.19. The van der Waals surface area contributed by atoms with Crippen LogP contribution in [0.3, 0.4) is 0 Å². The Bertz CT molecular complexity index is 308. The minimum Gasteiger partial charge on any atom is -0.294 e. The van der Waals surface area contributed by atoms with Gasteiger partial charge in [-0.2, -0.15) is 0 Å². The van der Waals surface area contributed by atoms with Crippen LogP contribution in [0.25, 0.3) is 0 Å². The number of hydrogen-bond donors (Lipinski definition) is 0. The number of Topliss-reactive ketones (excluding diaryl/α,β-unsaturated/α-hetero) is 1. The van der Waals surface area contributed by atoms with Crippen LogP contribution in [0.1, 0.15) is 30.1 Å². The molecular weight excluding hydrogens is 228 g/mol. The zero-order valence-electron chi connectivity index (χ0n) is 8.83. The Labute approximate surface area is 100 Å². The lowest BCUT2D eigenvalue weighted by atomic mass is 10.1. The predicted molar refractivity (Wildman–Crippen MR) is 67.1 cm³/mol. The summed E-state index contributed by atoms with van der Waals surface area (Å²) in [6.07, 6.45) is 1.58. The molecule has 0 N–H and O–H groups in total. The van der Waals surface area contributed by atoms with Gasteiger partial charge in [0, 0.05) is 22.8 Å². The molecule has 0 bridgehead atoms. The Hall–Kier alpha value is -0.470. The molecule has 1 nitrogen and oxygen atoms in total. The normalized spacial score (nSPS) is 10.3. The van der Waals surface area contributed by atoms with Crippen molar-refractivity contribution in [3.05, 3.63) is 29.8 Å². The van der Waals surface area contributed by atoms with E-state index < -0.39 is 0 Å². The zero-order chi connectivity index (χ0) is 11.1. The molecule has 0 spiro atoms. The van der Waals surface area contributed by atoms with Crippen LogP contribution in [0.5, 0.6) is 0 Å². The number of carbonyl (C=O) groups is 1. The molecule has 0 aliphatic heterocycles. The predicted octanol–water partition coefficient (Wildman–Crippen LogP) is 4.00. The Morgan fingerprint density at radius 2 is 2.00 bits per heavy atom. The van der Waals surface area contributed by atoms with Gasteiger partial charge in [0.2, 0.25) is 0 Å². The van der Waals surface area contributed by atoms with Gasteiger partial charge in [0.05, 0.1) is 0 Å². The molecule has 0 heterocycles. The third kappa shape index (κ3) is 4.27. The number of benzene rings is 1. The summed E-state index contributed by atoms with van der Waals surface area (Å²) in [5.74, 6) is 1.64. The molecular formula is C12H15ClOS. The summed E-state index contributed by atoms with van der Waals surface area (Å²) in [7, 11) is 0. The quantitative estimate of drug-likeness (QED) is 0.426. The maximum atomic E-state index is 11.5. The van der Waals surface area contributed by atoms with Crippen molar-refractivity contribution in [1.29, 1.82) is 0 Å². The van der Waals surface area contributed by atoms with E-state index in [0.717, 1.165) is 17.7 Å². The zero-order valence-corrected chi connectivity index (χ0v) is 10.4. The lowest BCUT2D eigenvalue weighted by Crippen LogP contribution is -1.98. The highest BCUT2D eigenvalue weighted by atomic mass is 35.5. The number of halogens is 1. The standard InChI is InChI=1S/C12H15ClOS/c1-2-9-15-11-5-3-10(4-6-11)12(14)7-8-13/h3-6H,2,7-9H2,1H3. The molecule has 0 aromatic heterocycles. The van der Waals surface area contributed by atoms with E-state index in [1.807, 2.05) is 36.0 Å². The van der Waals surface area contributed by atoms with Crippen LogP contribution >= 0.6 is 23.4 Å². The van der Waals surface area contributed by atoms with Crippen LogP contribution in [-0.2, 0) is 0 Å². The van der Waals surface area contributed by atoms with E-state index in [9.17, 15) is 4.79 Å². The second-order valence-corrected chi connectivity index (χ2v) is 4.78. The van der Waals surface area contributed by atoms with E-state index >= 15 is 0 Å². The van der Waals surface area contributed by atoms with Gasteiger partial charge >= 0.3 is 0 Å². The van der Waals surface area contributed by atoms with Crippen LogP contribution in [0.2, 0.25) is 0 Å². The summed E-state index contributed by atoms with van der Waals surface area (Å²) in [6, 6.07) is 7.77. The molecule has 1 aromatic rings. The first-order valence-corrected chi connectivity index (χ1v) is 6.62. The van der Waals surface area contributed by atoms with Crippen molar-refractivity contribution in [3.63, 3.8) is 0 Å². The highest BCUT2D eigenvalue weighted by Gasteiger charge is 2.04. The van der Waals surface area contributed by atoms with Crippen LogP contribution in [0, 0.1) is 0 Å². The molecule has 3 heteroatoms. The van der Waals surface area contributed by atoms with Crippen molar-refractivity contribution in [2.75, 3.05) is 11.6 Å². The lowest BCUT2D eigenvalue weighted by Gasteiger charge is -2.01. The molecule has 0 aliphatic rings. The number of carbonyl (C=O) groups excluding carboxylic acids is 1. The van der Waals surface area contributed by atoms with Crippen molar-refractivity contribution in [2.45, 2.75) is 24.7 Å². The molecule has 0 aliphatic carbocycles. The average Bonchev–Trinajstić information content (AvgIpc) is 2.27. The van der Waals surface area contributed by atoms with Gasteiger partial charge in [-0.25, -0.2) is 0 Å². The number of thioether (sulfide) groups is 1. The highest BCUT2D eigenvalue weighted by Crippen LogP contribution is 2.19. The van der Waals surface area contributed by atoms with Crippen LogP contribution < -0.4 is 0 Å². The lowest BCUT2D eigenvalue weighted by molar-refractivity contribution is 0.0989. The van der Waals surface area contributed by atoms with Gasteiger partial charge in [-0.15, -0.1) is 23.4 Å². The largest absolute Gasteiger partial charge is 0.294 e. The van der Waals surface area contributed by atoms with Crippen LogP contribution in [-0.4, -0.2) is 17.4 Å². The van der Waals surface area contributed by atoms with E-state index in [-0.39, 0.29) is 5.78 Å². The van der Waals surface area contributed by atoms with E-state index in [1.54, 1.807) is 0 Å². The van der Waals surface area contributed by atoms with E-state index in [2.05, 4.69) is 6.92 Å². The maximum absolute atomic E-state index is 11.5. The summed E-state index contributed by atoms with van der Waals surface area (Å²) in [6.45, 7) is 2.16. The summed E-state index contributed by atoms with van der Waals surface area (Å²) in [5, 5.41) is 0. The minimum atomic E-state index is 0.122. The van der Waals surface area contributed by atoms with Gasteiger partial charge in [0.1, 0.15) is 0 Å². The molecule has 0 saturated carbocycles. The summed E-state index contributed by atoms with van der Waals surface area (Å²) >= 11 is 7.34. The number of hydrogen-bond acceptors (Lipinski definition) is 2. The fourth-order valence-corrected chi connectivity index (χ4v) is 2.13. The second kappa shape index (κ2) is 6.91. The average molecular weight is 243 g/mol. The van der Waals surface area contributed by atoms with Gasteiger partial charge in [0.25, 0.3) is 0 Å². The Kier molecular flexibility index (Phi) is 5.81. The maximum Gasteiger partial charge on any atom is 0.164 e. The SMILES string of the molecule is CCCSc1ccc(C(=O)CCCl)cc1. The van der Waals surface area contributed by atoms with Crippen LogP contribution in [0.15, 0.2) is 29.2 Å². The second-order valence-electron chi connectivity index (χ2n) is 3.23. The third-order valence-corrected chi connectivity index (χ3v) is 3.38. The molecule has 0 amide bonds. The Balaban J connectivity index is 2.59. The molecule has 0 unspecified atom stereocenters. The minimum absolute atomic E-state index is 0.122. The molecule has 15 heavy (non-hydrogen) atoms. The number of ketones is 1. The van der Waals surface area contributed by atoms with E-state index in [0.29, 0.717) is 12.3 Å². The van der Waals surface area contributed by atoms with Crippen LogP contribution in [0.4, 0.5) is 0 Å². The smallest absolute Gasteiger partial charge is 0.164 e. The third-order valence-electron chi connectivity index (χ3n) is 1.97. The Morgan fingerprint density at radius 1 is 1.33 bits per heavy atom. The monoisotopic (exact) mass is 242 g/mol. The van der Waals surface area contributed by atoms with E-state index in [1.165, 1.54) is 4.90 Å². The van der Waals surface area contributed by atoms with Crippen molar-refractivity contribution in [3.8, 4) is 0 Å². The molecule has 0 radical (unpaired) electrons. The first-order valence-electron chi connectivity index (χ1n) is 5.10. The number of alkyl halides is 1. The molecule has 0 fully saturated rings. The summed E-state index contributed by atoms with van der Waals surface area (Å²) in [5.41, 5.74) is 0.761. The van der Waals surface area contributed by atoms with Gasteiger partial charge in [-0.1, -0.05) is 19.1 Å². The van der Waals surface area contributed by atoms with Gasteiger partial charge in [-0.05, 0) is 24.3 Å². The van der Waals surface area contributed by atoms with Crippen molar-refractivity contribution in [2.24, 2.45) is 0 Å². The first-order chi connectivity index (χ1) is 7.27. The summed E-state index contributed by atoms with van der Waals surface area (Å²) in [4.78, 5) is 12.7. The molecule has 1 rings (SSSR count). The number of rotatable bonds is 6. The summed E-state index contributed by atoms with van der Waals surface area (Å²) < 4.78 is 0. The molecule has 0 atom stereocenters. The van der Waals surface area contributed by atoms with E-state index in [4.69, 9.17) is 11.6 Å². The Morgan fingerprint density at radius 3 is 2.53 bits per heavy atom. The molecule has 0 saturated heterocycles. The first kappa shape index (κ1) is 12.6. The van der Waals surface area contributed by atoms with Crippen molar-refractivity contribution in [1.82, 2.24) is 0 Å². The highest BCUT2D eigenvalue weighted by molar-refractivity contribution is 7.99. The molecule has 82 valence electrons.